The Hall–Kier alpha value is -3.63. The van der Waals surface area contributed by atoms with Crippen LogP contribution in [-0.4, -0.2) is 93.0 Å². The summed E-state index contributed by atoms with van der Waals surface area (Å²) >= 11 is 0. The third kappa shape index (κ3) is 2.99. The average molecular weight is 426 g/mol. The molecule has 1 aromatic heterocycles. The standard InChI is InChI=1S/C20H22N6O5/c1-3-24-18(27)14-11-23(6-7-25(14)20(24)29)19(28)17-12(2)26(22-21-17)13-4-5-15-16(10-13)31-9-8-30-15/h4-5,10,14H,3,6-9,11H2,1-2H3/t14-/m1/s1. The predicted octanol–water partition coefficient (Wildman–Crippen LogP) is 0.455. The molecule has 3 aliphatic heterocycles. The minimum Gasteiger partial charge on any atom is -0.486 e. The third-order valence-electron chi connectivity index (χ3n) is 5.88. The Labute approximate surface area is 178 Å². The fourth-order valence-corrected chi connectivity index (χ4v) is 4.21. The molecule has 2 saturated heterocycles. The SMILES string of the molecule is CCN1C(=O)[C@H]2CN(C(=O)c3nnn(-c4ccc5c(c4)OCCO5)c3C)CCN2C1=O. The number of urea groups is 1. The average Bonchev–Trinajstić information content (AvgIpc) is 3.29. The summed E-state index contributed by atoms with van der Waals surface area (Å²) in [6.07, 6.45) is 0. The Morgan fingerprint density at radius 2 is 1.94 bits per heavy atom. The number of carbonyl (C=O) groups excluding carboxylic acids is 3. The zero-order chi connectivity index (χ0) is 21.7. The molecule has 2 aromatic rings. The number of fused-ring (bicyclic) bond motifs is 2. The van der Waals surface area contributed by atoms with E-state index < -0.39 is 6.04 Å². The van der Waals surface area contributed by atoms with Gasteiger partial charge in [-0.2, -0.15) is 0 Å². The number of hydrogen-bond donors (Lipinski definition) is 0. The molecule has 0 N–H and O–H groups in total. The number of ether oxygens (including phenoxy) is 2. The molecule has 0 saturated carbocycles. The minimum atomic E-state index is -0.640. The van der Waals surface area contributed by atoms with Crippen LogP contribution < -0.4 is 9.47 Å². The van der Waals surface area contributed by atoms with Crippen LogP contribution in [0.15, 0.2) is 18.2 Å². The summed E-state index contributed by atoms with van der Waals surface area (Å²) in [5.74, 6) is 0.712. The van der Waals surface area contributed by atoms with Gasteiger partial charge in [0.15, 0.2) is 17.2 Å². The fraction of sp³-hybridized carbons (Fsp3) is 0.450. The summed E-state index contributed by atoms with van der Waals surface area (Å²) in [4.78, 5) is 42.3. The highest BCUT2D eigenvalue weighted by Gasteiger charge is 2.48. The lowest BCUT2D eigenvalue weighted by molar-refractivity contribution is -0.129. The second kappa shape index (κ2) is 7.25. The van der Waals surface area contributed by atoms with E-state index in [2.05, 4.69) is 10.3 Å². The van der Waals surface area contributed by atoms with Gasteiger partial charge in [-0.25, -0.2) is 9.48 Å². The second-order valence-corrected chi connectivity index (χ2v) is 7.59. The lowest BCUT2D eigenvalue weighted by Gasteiger charge is -2.35. The molecule has 0 bridgehead atoms. The van der Waals surface area contributed by atoms with Crippen LogP contribution in [0.5, 0.6) is 11.5 Å². The van der Waals surface area contributed by atoms with E-state index in [4.69, 9.17) is 9.47 Å². The van der Waals surface area contributed by atoms with E-state index in [-0.39, 0.29) is 30.1 Å². The smallest absolute Gasteiger partial charge is 0.327 e. The van der Waals surface area contributed by atoms with Crippen LogP contribution in [-0.2, 0) is 4.79 Å². The molecule has 31 heavy (non-hydrogen) atoms. The molecule has 2 fully saturated rings. The van der Waals surface area contributed by atoms with Gasteiger partial charge in [0.1, 0.15) is 19.3 Å². The monoisotopic (exact) mass is 426 g/mol. The predicted molar refractivity (Wildman–Crippen MR) is 106 cm³/mol. The summed E-state index contributed by atoms with van der Waals surface area (Å²) in [5.41, 5.74) is 1.49. The van der Waals surface area contributed by atoms with Crippen molar-refractivity contribution in [2.24, 2.45) is 0 Å². The first-order chi connectivity index (χ1) is 15.0. The molecule has 1 atom stereocenters. The number of hydrogen-bond acceptors (Lipinski definition) is 7. The van der Waals surface area contributed by atoms with Crippen LogP contribution >= 0.6 is 0 Å². The molecule has 1 aromatic carbocycles. The number of carbonyl (C=O) groups is 3. The zero-order valence-electron chi connectivity index (χ0n) is 17.3. The van der Waals surface area contributed by atoms with E-state index in [1.165, 1.54) is 9.80 Å². The van der Waals surface area contributed by atoms with Gasteiger partial charge in [-0.05, 0) is 26.0 Å². The Kier molecular flexibility index (Phi) is 4.53. The maximum Gasteiger partial charge on any atom is 0.327 e. The Morgan fingerprint density at radius 3 is 2.71 bits per heavy atom. The maximum absolute atomic E-state index is 13.2. The van der Waals surface area contributed by atoms with Gasteiger partial charge in [-0.3, -0.25) is 14.5 Å². The summed E-state index contributed by atoms with van der Waals surface area (Å²) < 4.78 is 12.7. The van der Waals surface area contributed by atoms with Gasteiger partial charge in [-0.1, -0.05) is 5.21 Å². The highest BCUT2D eigenvalue weighted by Crippen LogP contribution is 2.32. The van der Waals surface area contributed by atoms with E-state index in [0.717, 1.165) is 0 Å². The van der Waals surface area contributed by atoms with Crippen molar-refractivity contribution >= 4 is 17.8 Å². The van der Waals surface area contributed by atoms with E-state index in [0.29, 0.717) is 55.7 Å². The topological polar surface area (TPSA) is 110 Å². The molecular weight excluding hydrogens is 404 g/mol. The largest absolute Gasteiger partial charge is 0.486 e. The van der Waals surface area contributed by atoms with E-state index in [1.807, 2.05) is 6.07 Å². The fourth-order valence-electron chi connectivity index (χ4n) is 4.21. The summed E-state index contributed by atoms with van der Waals surface area (Å²) in [7, 11) is 0. The number of aromatic nitrogens is 3. The van der Waals surface area contributed by atoms with E-state index in [9.17, 15) is 14.4 Å². The highest BCUT2D eigenvalue weighted by atomic mass is 16.6. The number of likely N-dealkylation sites (N-methyl/N-ethyl adjacent to an activating group) is 1. The van der Waals surface area contributed by atoms with Crippen molar-refractivity contribution < 1.29 is 23.9 Å². The van der Waals surface area contributed by atoms with Gasteiger partial charge in [0, 0.05) is 25.7 Å². The van der Waals surface area contributed by atoms with Crippen molar-refractivity contribution in [3.8, 4) is 17.2 Å². The molecule has 0 unspecified atom stereocenters. The summed E-state index contributed by atoms with van der Waals surface area (Å²) in [6.45, 7) is 5.62. The molecule has 162 valence electrons. The molecule has 0 radical (unpaired) electrons. The van der Waals surface area contributed by atoms with Crippen molar-refractivity contribution in [1.29, 1.82) is 0 Å². The Morgan fingerprint density at radius 1 is 1.16 bits per heavy atom. The Balaban J connectivity index is 1.37. The first-order valence-corrected chi connectivity index (χ1v) is 10.2. The van der Waals surface area contributed by atoms with Gasteiger partial charge in [0.2, 0.25) is 0 Å². The van der Waals surface area contributed by atoms with Crippen LogP contribution in [0.4, 0.5) is 4.79 Å². The number of piperazine rings is 1. The summed E-state index contributed by atoms with van der Waals surface area (Å²) in [6, 6.07) is 4.49. The van der Waals surface area contributed by atoms with Gasteiger partial charge < -0.3 is 19.3 Å². The first kappa shape index (κ1) is 19.3. The van der Waals surface area contributed by atoms with E-state index in [1.54, 1.807) is 35.6 Å². The maximum atomic E-state index is 13.2. The van der Waals surface area contributed by atoms with Gasteiger partial charge in [-0.15, -0.1) is 5.10 Å². The van der Waals surface area contributed by atoms with Crippen LogP contribution in [0, 0.1) is 6.92 Å². The van der Waals surface area contributed by atoms with Gasteiger partial charge in [0.05, 0.1) is 17.9 Å². The second-order valence-electron chi connectivity index (χ2n) is 7.59. The van der Waals surface area contributed by atoms with Crippen LogP contribution in [0.3, 0.4) is 0 Å². The normalized spacial score (nSPS) is 20.3. The molecule has 4 amide bonds. The van der Waals surface area contributed by atoms with Gasteiger partial charge in [0.25, 0.3) is 11.8 Å². The van der Waals surface area contributed by atoms with Gasteiger partial charge >= 0.3 is 6.03 Å². The van der Waals surface area contributed by atoms with Crippen molar-refractivity contribution in [3.05, 3.63) is 29.6 Å². The van der Waals surface area contributed by atoms with Crippen molar-refractivity contribution in [2.75, 3.05) is 39.4 Å². The number of nitrogens with zero attached hydrogens (tertiary/aromatic N) is 6. The minimum absolute atomic E-state index is 0.149. The van der Waals surface area contributed by atoms with Crippen molar-refractivity contribution in [3.63, 3.8) is 0 Å². The number of amides is 4. The first-order valence-electron chi connectivity index (χ1n) is 10.2. The van der Waals surface area contributed by atoms with Crippen molar-refractivity contribution in [2.45, 2.75) is 19.9 Å². The van der Waals surface area contributed by atoms with Crippen molar-refractivity contribution in [1.82, 2.24) is 29.7 Å². The number of benzene rings is 1. The lowest BCUT2D eigenvalue weighted by atomic mass is 10.1. The lowest BCUT2D eigenvalue weighted by Crippen LogP contribution is -2.54. The number of imide groups is 1. The number of rotatable bonds is 3. The van der Waals surface area contributed by atoms with E-state index >= 15 is 0 Å². The highest BCUT2D eigenvalue weighted by molar-refractivity contribution is 6.05. The quantitative estimate of drug-likeness (QED) is 0.656. The van der Waals surface area contributed by atoms with Crippen LogP contribution in [0.25, 0.3) is 5.69 Å². The van der Waals surface area contributed by atoms with Crippen LogP contribution in [0.2, 0.25) is 0 Å². The Bertz CT molecular complexity index is 1080. The third-order valence-corrected chi connectivity index (χ3v) is 5.88. The summed E-state index contributed by atoms with van der Waals surface area (Å²) in [5, 5.41) is 8.26. The molecular formula is C20H22N6O5. The molecule has 0 aliphatic carbocycles. The molecule has 11 heteroatoms. The van der Waals surface area contributed by atoms with Crippen LogP contribution in [0.1, 0.15) is 23.1 Å². The molecule has 5 rings (SSSR count). The molecule has 11 nitrogen and oxygen atoms in total. The zero-order valence-corrected chi connectivity index (χ0v) is 17.3. The molecule has 4 heterocycles. The molecule has 3 aliphatic rings. The molecule has 0 spiro atoms.